The van der Waals surface area contributed by atoms with Gasteiger partial charge in [-0.1, -0.05) is 0 Å². The Morgan fingerprint density at radius 2 is 2.14 bits per heavy atom. The van der Waals surface area contributed by atoms with E-state index in [4.69, 9.17) is 5.11 Å². The van der Waals surface area contributed by atoms with Gasteiger partial charge in [0.05, 0.1) is 11.4 Å². The van der Waals surface area contributed by atoms with Gasteiger partial charge >= 0.3 is 5.97 Å². The van der Waals surface area contributed by atoms with Crippen molar-refractivity contribution in [2.24, 2.45) is 0 Å². The molecule has 1 aromatic rings. The number of imidazole rings is 1. The summed E-state index contributed by atoms with van der Waals surface area (Å²) in [6, 6.07) is 0. The van der Waals surface area contributed by atoms with Crippen molar-refractivity contribution in [3.05, 3.63) is 11.9 Å². The van der Waals surface area contributed by atoms with Crippen LogP contribution in [-0.4, -0.2) is 34.7 Å². The minimum absolute atomic E-state index is 0.232. The average molecular weight is 218 g/mol. The number of carbonyl (C=O) groups is 1. The first-order valence-electron chi connectivity index (χ1n) is 3.88. The van der Waals surface area contributed by atoms with Crippen molar-refractivity contribution in [1.82, 2.24) is 9.97 Å². The van der Waals surface area contributed by atoms with Crippen LogP contribution in [0.2, 0.25) is 0 Å². The second kappa shape index (κ2) is 3.41. The molecule has 0 aliphatic carbocycles. The fourth-order valence-corrected chi connectivity index (χ4v) is 1.68. The summed E-state index contributed by atoms with van der Waals surface area (Å²) in [6.45, 7) is 3.00. The molecule has 1 heterocycles. The molecule has 0 spiro atoms. The molecule has 1 aromatic heterocycles. The van der Waals surface area contributed by atoms with Crippen molar-refractivity contribution in [2.75, 3.05) is 0 Å². The lowest BCUT2D eigenvalue weighted by molar-refractivity contribution is 0.0690. The van der Waals surface area contributed by atoms with Gasteiger partial charge in [-0.05, 0) is 13.8 Å². The van der Waals surface area contributed by atoms with Gasteiger partial charge in [-0.3, -0.25) is 0 Å². The van der Waals surface area contributed by atoms with Crippen LogP contribution in [0.5, 0.6) is 0 Å². The van der Waals surface area contributed by atoms with Crippen molar-refractivity contribution in [3.63, 3.8) is 0 Å². The van der Waals surface area contributed by atoms with Crippen LogP contribution in [0.4, 0.5) is 0 Å². The molecule has 6 nitrogen and oxygen atoms in total. The van der Waals surface area contributed by atoms with Gasteiger partial charge in [0.25, 0.3) is 0 Å². The number of aromatic amines is 1. The molecule has 0 saturated carbocycles. The first-order valence-corrected chi connectivity index (χ1v) is 5.42. The lowest BCUT2D eigenvalue weighted by Gasteiger charge is -2.02. The van der Waals surface area contributed by atoms with Gasteiger partial charge < -0.3 is 10.1 Å². The van der Waals surface area contributed by atoms with E-state index in [0.717, 1.165) is 6.20 Å². The van der Waals surface area contributed by atoms with Gasteiger partial charge in [-0.25, -0.2) is 18.2 Å². The second-order valence-corrected chi connectivity index (χ2v) is 5.42. The molecule has 14 heavy (non-hydrogen) atoms. The number of carboxylic acid groups (broad SMARTS) is 1. The van der Waals surface area contributed by atoms with Gasteiger partial charge in [0, 0.05) is 0 Å². The van der Waals surface area contributed by atoms with Gasteiger partial charge in [-0.15, -0.1) is 0 Å². The number of nitrogens with zero attached hydrogens (tertiary/aromatic N) is 1. The van der Waals surface area contributed by atoms with Crippen LogP contribution in [-0.2, 0) is 9.84 Å². The molecule has 0 fully saturated rings. The van der Waals surface area contributed by atoms with Crippen LogP contribution in [0.3, 0.4) is 0 Å². The van der Waals surface area contributed by atoms with Crippen LogP contribution in [0.15, 0.2) is 11.4 Å². The summed E-state index contributed by atoms with van der Waals surface area (Å²) in [5.74, 6) is -1.23. The lowest BCUT2D eigenvalue weighted by atomic mass is 10.5. The maximum absolute atomic E-state index is 11.5. The average Bonchev–Trinajstić information content (AvgIpc) is 2.51. The highest BCUT2D eigenvalue weighted by Crippen LogP contribution is 2.11. The van der Waals surface area contributed by atoms with Crippen LogP contribution in [0.25, 0.3) is 0 Å². The highest BCUT2D eigenvalue weighted by Gasteiger charge is 2.23. The summed E-state index contributed by atoms with van der Waals surface area (Å²) in [7, 11) is -3.52. The molecule has 0 aromatic carbocycles. The number of hydrogen-bond acceptors (Lipinski definition) is 4. The molecule has 0 aliphatic heterocycles. The minimum Gasteiger partial charge on any atom is -0.477 e. The predicted molar refractivity (Wildman–Crippen MR) is 47.9 cm³/mol. The Hall–Kier alpha value is -1.37. The summed E-state index contributed by atoms with van der Waals surface area (Å²) in [4.78, 5) is 16.2. The number of rotatable bonds is 3. The largest absolute Gasteiger partial charge is 0.477 e. The quantitative estimate of drug-likeness (QED) is 0.759. The smallest absolute Gasteiger partial charge is 0.353 e. The Bertz CT molecular complexity index is 446. The van der Waals surface area contributed by atoms with Crippen LogP contribution < -0.4 is 0 Å². The third-order valence-corrected chi connectivity index (χ3v) is 3.66. The van der Waals surface area contributed by atoms with E-state index in [1.54, 1.807) is 0 Å². The Morgan fingerprint density at radius 1 is 1.57 bits per heavy atom. The number of carboxylic acids is 1. The van der Waals surface area contributed by atoms with Crippen molar-refractivity contribution in [3.8, 4) is 0 Å². The van der Waals surface area contributed by atoms with E-state index in [-0.39, 0.29) is 10.9 Å². The van der Waals surface area contributed by atoms with E-state index in [0.29, 0.717) is 0 Å². The van der Waals surface area contributed by atoms with E-state index in [2.05, 4.69) is 9.97 Å². The van der Waals surface area contributed by atoms with Crippen LogP contribution in [0.1, 0.15) is 24.3 Å². The Kier molecular flexibility index (Phi) is 2.61. The normalized spacial score (nSPS) is 11.9. The lowest BCUT2D eigenvalue weighted by Crippen LogP contribution is -2.15. The topological polar surface area (TPSA) is 100 Å². The standard InChI is InChI=1S/C7H10N2O4S/c1-4(2)14(12,13)7-8-3-5(9-7)6(10)11/h3-4H,1-2H3,(H,8,9)(H,10,11). The van der Waals surface area contributed by atoms with Crippen molar-refractivity contribution in [1.29, 1.82) is 0 Å². The summed E-state index contributed by atoms with van der Waals surface area (Å²) in [5.41, 5.74) is -0.232. The van der Waals surface area contributed by atoms with Crippen molar-refractivity contribution < 1.29 is 18.3 Å². The first-order chi connectivity index (χ1) is 6.35. The van der Waals surface area contributed by atoms with Crippen molar-refractivity contribution in [2.45, 2.75) is 24.3 Å². The molecule has 0 radical (unpaired) electrons. The van der Waals surface area contributed by atoms with E-state index in [1.807, 2.05) is 0 Å². The fraction of sp³-hybridized carbons (Fsp3) is 0.429. The molecule has 0 aliphatic rings. The Morgan fingerprint density at radius 3 is 2.50 bits per heavy atom. The number of H-pyrrole nitrogens is 1. The number of nitrogens with one attached hydrogen (secondary N) is 1. The van der Waals surface area contributed by atoms with Gasteiger partial charge in [0.1, 0.15) is 5.69 Å². The zero-order valence-corrected chi connectivity index (χ0v) is 8.50. The molecular weight excluding hydrogens is 208 g/mol. The summed E-state index contributed by atoms with van der Waals surface area (Å²) in [5, 5.41) is 7.61. The zero-order valence-electron chi connectivity index (χ0n) is 7.68. The van der Waals surface area contributed by atoms with E-state index >= 15 is 0 Å². The van der Waals surface area contributed by atoms with E-state index in [9.17, 15) is 13.2 Å². The fourth-order valence-electron chi connectivity index (χ4n) is 0.779. The van der Waals surface area contributed by atoms with Crippen LogP contribution >= 0.6 is 0 Å². The number of aromatic nitrogens is 2. The first kappa shape index (κ1) is 10.7. The predicted octanol–water partition coefficient (Wildman–Crippen LogP) is 0.290. The summed E-state index contributed by atoms with van der Waals surface area (Å²) < 4.78 is 23.0. The van der Waals surface area contributed by atoms with Crippen LogP contribution in [0, 0.1) is 0 Å². The molecule has 0 unspecified atom stereocenters. The van der Waals surface area contributed by atoms with Gasteiger partial charge in [0.15, 0.2) is 0 Å². The Balaban J connectivity index is 3.16. The third kappa shape index (κ3) is 1.77. The monoisotopic (exact) mass is 218 g/mol. The van der Waals surface area contributed by atoms with E-state index < -0.39 is 21.1 Å². The molecule has 0 bridgehead atoms. The maximum Gasteiger partial charge on any atom is 0.353 e. The highest BCUT2D eigenvalue weighted by atomic mass is 32.2. The highest BCUT2D eigenvalue weighted by molar-refractivity contribution is 7.91. The molecule has 0 amide bonds. The molecule has 7 heteroatoms. The minimum atomic E-state index is -3.52. The second-order valence-electron chi connectivity index (χ2n) is 3.00. The molecular formula is C7H10N2O4S. The number of sulfone groups is 1. The molecule has 1 rings (SSSR count). The molecule has 0 saturated heterocycles. The summed E-state index contributed by atoms with van der Waals surface area (Å²) >= 11 is 0. The molecule has 0 atom stereocenters. The summed E-state index contributed by atoms with van der Waals surface area (Å²) in [6.07, 6.45) is 0.984. The Labute approximate surface area is 80.9 Å². The zero-order chi connectivity index (χ0) is 10.9. The van der Waals surface area contributed by atoms with E-state index in [1.165, 1.54) is 13.8 Å². The maximum atomic E-state index is 11.5. The number of hydrogen-bond donors (Lipinski definition) is 2. The molecule has 2 N–H and O–H groups in total. The van der Waals surface area contributed by atoms with Crippen molar-refractivity contribution >= 4 is 15.8 Å². The third-order valence-electron chi connectivity index (χ3n) is 1.67. The number of aromatic carboxylic acids is 1. The van der Waals surface area contributed by atoms with Gasteiger partial charge in [0.2, 0.25) is 15.0 Å². The SMILES string of the molecule is CC(C)S(=O)(=O)c1ncc(C(=O)O)[nH]1. The molecule has 78 valence electrons. The van der Waals surface area contributed by atoms with Gasteiger partial charge in [-0.2, -0.15) is 0 Å².